The lowest BCUT2D eigenvalue weighted by atomic mass is 9.95. The van der Waals surface area contributed by atoms with Gasteiger partial charge in [-0.1, -0.05) is 27.2 Å². The molecule has 2 nitrogen and oxygen atoms in total. The van der Waals surface area contributed by atoms with Gasteiger partial charge in [-0.25, -0.2) is 0 Å². The molecular formula is C13H29NO. The van der Waals surface area contributed by atoms with Crippen LogP contribution in [0.25, 0.3) is 0 Å². The molecule has 2 heteroatoms. The molecule has 0 bridgehead atoms. The Hall–Kier alpha value is -0.0800. The lowest BCUT2D eigenvalue weighted by Crippen LogP contribution is -2.35. The monoisotopic (exact) mass is 215 g/mol. The van der Waals surface area contributed by atoms with E-state index in [1.807, 2.05) is 0 Å². The molecule has 0 rings (SSSR count). The first-order valence-corrected chi connectivity index (χ1v) is 6.57. The highest BCUT2D eigenvalue weighted by molar-refractivity contribution is 4.72. The number of hydrogen-bond donors (Lipinski definition) is 1. The molecule has 0 saturated carbocycles. The summed E-state index contributed by atoms with van der Waals surface area (Å²) in [6, 6.07) is 0.676. The second-order valence-electron chi connectivity index (χ2n) is 4.29. The zero-order valence-electron chi connectivity index (χ0n) is 11.0. The average Bonchev–Trinajstić information content (AvgIpc) is 2.27. The van der Waals surface area contributed by atoms with E-state index in [2.05, 4.69) is 33.0 Å². The van der Waals surface area contributed by atoms with Crippen molar-refractivity contribution in [3.8, 4) is 0 Å². The molecule has 0 heterocycles. The molecular weight excluding hydrogens is 186 g/mol. The van der Waals surface area contributed by atoms with Crippen LogP contribution in [0, 0.1) is 5.92 Å². The molecule has 15 heavy (non-hydrogen) atoms. The second-order valence-corrected chi connectivity index (χ2v) is 4.29. The summed E-state index contributed by atoms with van der Waals surface area (Å²) in [4.78, 5) is 0. The molecule has 2 atom stereocenters. The van der Waals surface area contributed by atoms with Crippen LogP contribution in [0.2, 0.25) is 0 Å². The van der Waals surface area contributed by atoms with Gasteiger partial charge >= 0.3 is 0 Å². The molecule has 0 aliphatic rings. The number of ether oxygens (including phenoxy) is 1. The van der Waals surface area contributed by atoms with Crippen molar-refractivity contribution in [2.45, 2.75) is 59.4 Å². The highest BCUT2D eigenvalue weighted by Gasteiger charge is 2.13. The third kappa shape index (κ3) is 7.80. The van der Waals surface area contributed by atoms with Crippen molar-refractivity contribution in [1.82, 2.24) is 5.32 Å². The van der Waals surface area contributed by atoms with Crippen LogP contribution in [-0.2, 0) is 4.74 Å². The van der Waals surface area contributed by atoms with Crippen LogP contribution >= 0.6 is 0 Å². The normalized spacial score (nSPS) is 15.2. The Morgan fingerprint density at radius 1 is 1.20 bits per heavy atom. The van der Waals surface area contributed by atoms with Gasteiger partial charge in [0.1, 0.15) is 0 Å². The molecule has 0 aromatic heterocycles. The minimum Gasteiger partial charge on any atom is -0.382 e. The highest BCUT2D eigenvalue weighted by Crippen LogP contribution is 2.13. The summed E-state index contributed by atoms with van der Waals surface area (Å²) in [7, 11) is 0. The van der Waals surface area contributed by atoms with Gasteiger partial charge in [0.15, 0.2) is 0 Å². The summed E-state index contributed by atoms with van der Waals surface area (Å²) in [6.45, 7) is 11.8. The Morgan fingerprint density at radius 3 is 2.47 bits per heavy atom. The molecule has 92 valence electrons. The largest absolute Gasteiger partial charge is 0.382 e. The molecule has 0 fully saturated rings. The maximum atomic E-state index is 5.37. The molecule has 0 saturated heterocycles. The van der Waals surface area contributed by atoms with Crippen molar-refractivity contribution in [2.75, 3.05) is 19.8 Å². The fourth-order valence-corrected chi connectivity index (χ4v) is 1.75. The molecule has 0 aliphatic heterocycles. The predicted molar refractivity (Wildman–Crippen MR) is 67.3 cm³/mol. The zero-order chi connectivity index (χ0) is 11.5. The first-order valence-electron chi connectivity index (χ1n) is 6.57. The van der Waals surface area contributed by atoms with E-state index in [9.17, 15) is 0 Å². The number of nitrogens with one attached hydrogen (secondary N) is 1. The van der Waals surface area contributed by atoms with Crippen LogP contribution in [0.3, 0.4) is 0 Å². The van der Waals surface area contributed by atoms with Crippen molar-refractivity contribution in [1.29, 1.82) is 0 Å². The van der Waals surface area contributed by atoms with Gasteiger partial charge in [0.25, 0.3) is 0 Å². The Labute approximate surface area is 95.8 Å². The van der Waals surface area contributed by atoms with Crippen molar-refractivity contribution >= 4 is 0 Å². The van der Waals surface area contributed by atoms with Gasteiger partial charge in [0.05, 0.1) is 0 Å². The zero-order valence-corrected chi connectivity index (χ0v) is 11.0. The Morgan fingerprint density at radius 2 is 1.93 bits per heavy atom. The van der Waals surface area contributed by atoms with Gasteiger partial charge in [-0.3, -0.25) is 0 Å². The van der Waals surface area contributed by atoms with E-state index in [1.165, 1.54) is 25.7 Å². The Bertz CT molecular complexity index is 128. The summed E-state index contributed by atoms with van der Waals surface area (Å²) in [5.74, 6) is 0.776. The highest BCUT2D eigenvalue weighted by atomic mass is 16.5. The number of hydrogen-bond acceptors (Lipinski definition) is 2. The predicted octanol–water partition coefficient (Wildman–Crippen LogP) is 3.22. The molecule has 0 spiro atoms. The lowest BCUT2D eigenvalue weighted by molar-refractivity contribution is 0.138. The number of rotatable bonds is 10. The average molecular weight is 215 g/mol. The fourth-order valence-electron chi connectivity index (χ4n) is 1.75. The van der Waals surface area contributed by atoms with Gasteiger partial charge in [-0.2, -0.15) is 0 Å². The van der Waals surface area contributed by atoms with Crippen LogP contribution in [0.15, 0.2) is 0 Å². The fraction of sp³-hybridized carbons (Fsp3) is 1.00. The molecule has 0 aromatic carbocycles. The minimum atomic E-state index is 0.676. The third-order valence-electron chi connectivity index (χ3n) is 3.00. The molecule has 1 N–H and O–H groups in total. The van der Waals surface area contributed by atoms with Gasteiger partial charge in [-0.15, -0.1) is 0 Å². The summed E-state index contributed by atoms with van der Waals surface area (Å²) >= 11 is 0. The van der Waals surface area contributed by atoms with Crippen LogP contribution < -0.4 is 5.32 Å². The van der Waals surface area contributed by atoms with Crippen molar-refractivity contribution in [3.05, 3.63) is 0 Å². The van der Waals surface area contributed by atoms with Crippen molar-refractivity contribution < 1.29 is 4.74 Å². The first kappa shape index (κ1) is 14.9. The molecule has 0 aromatic rings. The second kappa shape index (κ2) is 10.4. The maximum Gasteiger partial charge on any atom is 0.0466 e. The minimum absolute atomic E-state index is 0.676. The van der Waals surface area contributed by atoms with Gasteiger partial charge in [0, 0.05) is 19.3 Å². The van der Waals surface area contributed by atoms with E-state index in [-0.39, 0.29) is 0 Å². The van der Waals surface area contributed by atoms with E-state index in [4.69, 9.17) is 4.74 Å². The van der Waals surface area contributed by atoms with Crippen molar-refractivity contribution in [3.63, 3.8) is 0 Å². The van der Waals surface area contributed by atoms with Crippen molar-refractivity contribution in [2.24, 2.45) is 5.92 Å². The first-order chi connectivity index (χ1) is 7.26. The van der Waals surface area contributed by atoms with E-state index >= 15 is 0 Å². The van der Waals surface area contributed by atoms with Crippen LogP contribution in [0.4, 0.5) is 0 Å². The quantitative estimate of drug-likeness (QED) is 0.565. The molecule has 0 aliphatic carbocycles. The van der Waals surface area contributed by atoms with E-state index < -0.39 is 0 Å². The van der Waals surface area contributed by atoms with E-state index in [0.29, 0.717) is 6.04 Å². The SMILES string of the molecule is CCCNC(CCCOCC)C(C)CC. The van der Waals surface area contributed by atoms with Crippen LogP contribution in [0.1, 0.15) is 53.4 Å². The van der Waals surface area contributed by atoms with E-state index in [0.717, 1.165) is 25.7 Å². The summed E-state index contributed by atoms with van der Waals surface area (Å²) in [5.41, 5.74) is 0. The van der Waals surface area contributed by atoms with Gasteiger partial charge in [0.2, 0.25) is 0 Å². The third-order valence-corrected chi connectivity index (χ3v) is 3.00. The topological polar surface area (TPSA) is 21.3 Å². The lowest BCUT2D eigenvalue weighted by Gasteiger charge is -2.24. The smallest absolute Gasteiger partial charge is 0.0466 e. The summed E-state index contributed by atoms with van der Waals surface area (Å²) in [5, 5.41) is 3.64. The van der Waals surface area contributed by atoms with Gasteiger partial charge in [-0.05, 0) is 38.6 Å². The van der Waals surface area contributed by atoms with E-state index in [1.54, 1.807) is 0 Å². The summed E-state index contributed by atoms with van der Waals surface area (Å²) in [6.07, 6.45) is 4.91. The van der Waals surface area contributed by atoms with Crippen LogP contribution in [0.5, 0.6) is 0 Å². The molecule has 0 radical (unpaired) electrons. The van der Waals surface area contributed by atoms with Crippen LogP contribution in [-0.4, -0.2) is 25.8 Å². The van der Waals surface area contributed by atoms with Gasteiger partial charge < -0.3 is 10.1 Å². The standard InChI is InChI=1S/C13H29NO/c1-5-10-14-13(12(4)6-2)9-8-11-15-7-3/h12-14H,5-11H2,1-4H3. The molecule has 0 amide bonds. The Balaban J connectivity index is 3.69. The summed E-state index contributed by atoms with van der Waals surface area (Å²) < 4.78 is 5.37. The maximum absolute atomic E-state index is 5.37. The molecule has 2 unspecified atom stereocenters. The Kier molecular flexibility index (Phi) is 10.4.